The summed E-state index contributed by atoms with van der Waals surface area (Å²) in [6.07, 6.45) is 0.538. The van der Waals surface area contributed by atoms with Crippen LogP contribution in [0.5, 0.6) is 0 Å². The number of fused-ring (bicyclic) bond motifs is 1. The van der Waals surface area contributed by atoms with Gasteiger partial charge in [0.05, 0.1) is 17.6 Å². The first-order chi connectivity index (χ1) is 11.9. The first-order valence-electron chi connectivity index (χ1n) is 7.14. The maximum absolute atomic E-state index is 13.7. The number of nitrogens with two attached hydrogens (primary N) is 1. The van der Waals surface area contributed by atoms with Crippen molar-refractivity contribution in [3.05, 3.63) is 48.3 Å². The molecule has 26 heavy (non-hydrogen) atoms. The van der Waals surface area contributed by atoms with Crippen LogP contribution in [0.1, 0.15) is 5.56 Å². The highest BCUT2D eigenvalue weighted by atomic mass is 35.5. The van der Waals surface area contributed by atoms with E-state index in [2.05, 4.69) is 20.3 Å². The number of benzene rings is 1. The molecule has 0 unspecified atom stereocenters. The lowest BCUT2D eigenvalue weighted by Gasteiger charge is -2.10. The Bertz CT molecular complexity index is 923. The molecule has 2 N–H and O–H groups in total. The van der Waals surface area contributed by atoms with E-state index < -0.39 is 17.6 Å². The van der Waals surface area contributed by atoms with Gasteiger partial charge in [-0.15, -0.1) is 17.5 Å². The van der Waals surface area contributed by atoms with Gasteiger partial charge in [0.2, 0.25) is 0 Å². The van der Waals surface area contributed by atoms with Crippen LogP contribution in [0.4, 0.5) is 17.6 Å². The zero-order chi connectivity index (χ0) is 18.0. The highest BCUT2D eigenvalue weighted by molar-refractivity contribution is 5.92. The maximum atomic E-state index is 13.7. The molecule has 138 valence electrons. The highest BCUT2D eigenvalue weighted by Crippen LogP contribution is 2.36. The summed E-state index contributed by atoms with van der Waals surface area (Å²) in [5.74, 6) is -0.615. The average Bonchev–Trinajstić information content (AvgIpc) is 2.97. The molecule has 0 spiro atoms. The Morgan fingerprint density at radius 1 is 1.19 bits per heavy atom. The first-order valence-corrected chi connectivity index (χ1v) is 7.14. The molecular weight excluding hydrogens is 376 g/mol. The fourth-order valence-electron chi connectivity index (χ4n) is 2.34. The predicted molar refractivity (Wildman–Crippen MR) is 89.0 cm³/mol. The molecular formula is C15H13ClF4N6. The molecule has 0 aliphatic carbocycles. The Morgan fingerprint density at radius 3 is 2.50 bits per heavy atom. The summed E-state index contributed by atoms with van der Waals surface area (Å²) in [7, 11) is 0. The largest absolute Gasteiger partial charge is 0.416 e. The number of nitrogens with zero attached hydrogens (tertiary/aromatic N) is 5. The molecule has 0 bridgehead atoms. The third-order valence-electron chi connectivity index (χ3n) is 3.46. The van der Waals surface area contributed by atoms with E-state index in [1.54, 1.807) is 0 Å². The lowest BCUT2D eigenvalue weighted by atomic mass is 10.0. The van der Waals surface area contributed by atoms with Crippen LogP contribution >= 0.6 is 12.4 Å². The monoisotopic (exact) mass is 388 g/mol. The standard InChI is InChI=1S/C15H12F4N6.ClH/c16-11(1-2-20)7-25-13-4-10(15(17,18)19)3-12(14(13)23-24-25)9-5-21-8-22-6-9;/h1,3-6,8H,2,7,20H2;1H/b11-1-;. The van der Waals surface area contributed by atoms with Gasteiger partial charge in [0, 0.05) is 30.1 Å². The van der Waals surface area contributed by atoms with Gasteiger partial charge in [0.25, 0.3) is 0 Å². The van der Waals surface area contributed by atoms with E-state index in [0.717, 1.165) is 22.9 Å². The van der Waals surface area contributed by atoms with Gasteiger partial charge in [-0.2, -0.15) is 13.2 Å². The van der Waals surface area contributed by atoms with Gasteiger partial charge < -0.3 is 5.73 Å². The van der Waals surface area contributed by atoms with Crippen molar-refractivity contribution >= 4 is 23.4 Å². The van der Waals surface area contributed by atoms with Crippen molar-refractivity contribution in [2.45, 2.75) is 12.7 Å². The minimum absolute atomic E-state index is 0. The lowest BCUT2D eigenvalue weighted by molar-refractivity contribution is -0.137. The molecule has 1 aromatic carbocycles. The Labute approximate surface area is 151 Å². The summed E-state index contributed by atoms with van der Waals surface area (Å²) in [6, 6.07) is 1.84. The zero-order valence-corrected chi connectivity index (χ0v) is 13.9. The van der Waals surface area contributed by atoms with Crippen molar-refractivity contribution in [2.24, 2.45) is 5.73 Å². The van der Waals surface area contributed by atoms with Gasteiger partial charge >= 0.3 is 6.18 Å². The quantitative estimate of drug-likeness (QED) is 0.694. The van der Waals surface area contributed by atoms with E-state index in [4.69, 9.17) is 5.73 Å². The topological polar surface area (TPSA) is 82.5 Å². The highest BCUT2D eigenvalue weighted by Gasteiger charge is 2.32. The number of rotatable bonds is 4. The van der Waals surface area contributed by atoms with Crippen LogP contribution in [0.2, 0.25) is 0 Å². The van der Waals surface area contributed by atoms with Crippen molar-refractivity contribution < 1.29 is 17.6 Å². The molecule has 3 aromatic rings. The summed E-state index contributed by atoms with van der Waals surface area (Å²) >= 11 is 0. The normalized spacial score (nSPS) is 12.3. The summed E-state index contributed by atoms with van der Waals surface area (Å²) in [5.41, 5.74) is 5.10. The van der Waals surface area contributed by atoms with E-state index >= 15 is 0 Å². The third-order valence-corrected chi connectivity index (χ3v) is 3.46. The minimum atomic E-state index is -4.58. The molecule has 2 aromatic heterocycles. The molecule has 6 nitrogen and oxygen atoms in total. The molecule has 0 saturated heterocycles. The second-order valence-corrected chi connectivity index (χ2v) is 5.15. The molecule has 0 saturated carbocycles. The number of hydrogen-bond donors (Lipinski definition) is 1. The van der Waals surface area contributed by atoms with Crippen LogP contribution in [0.3, 0.4) is 0 Å². The summed E-state index contributed by atoms with van der Waals surface area (Å²) in [6.45, 7) is -0.390. The smallest absolute Gasteiger partial charge is 0.327 e. The van der Waals surface area contributed by atoms with Crippen LogP contribution in [-0.4, -0.2) is 31.5 Å². The van der Waals surface area contributed by atoms with Gasteiger partial charge in [0.1, 0.15) is 17.7 Å². The Hall–Kier alpha value is -2.59. The average molecular weight is 389 g/mol. The van der Waals surface area contributed by atoms with Crippen molar-refractivity contribution in [3.63, 3.8) is 0 Å². The summed E-state index contributed by atoms with van der Waals surface area (Å²) in [4.78, 5) is 7.62. The molecule has 0 atom stereocenters. The molecule has 0 aliphatic rings. The van der Waals surface area contributed by atoms with Crippen LogP contribution in [0.25, 0.3) is 22.2 Å². The van der Waals surface area contributed by atoms with Crippen LogP contribution in [-0.2, 0) is 12.7 Å². The van der Waals surface area contributed by atoms with E-state index in [-0.39, 0.29) is 42.1 Å². The van der Waals surface area contributed by atoms with Crippen molar-refractivity contribution in [1.82, 2.24) is 25.0 Å². The molecule has 0 aliphatic heterocycles. The van der Waals surface area contributed by atoms with E-state index in [9.17, 15) is 17.6 Å². The number of halogens is 5. The molecule has 3 rings (SSSR count). The van der Waals surface area contributed by atoms with Crippen molar-refractivity contribution in [2.75, 3.05) is 6.54 Å². The third kappa shape index (κ3) is 3.97. The molecule has 0 radical (unpaired) electrons. The minimum Gasteiger partial charge on any atom is -0.327 e. The van der Waals surface area contributed by atoms with Crippen molar-refractivity contribution in [3.8, 4) is 11.1 Å². The Morgan fingerprint density at radius 2 is 1.88 bits per heavy atom. The Kier molecular flexibility index (Phi) is 5.88. The van der Waals surface area contributed by atoms with Gasteiger partial charge in [-0.05, 0) is 18.2 Å². The van der Waals surface area contributed by atoms with Gasteiger partial charge in [-0.1, -0.05) is 5.21 Å². The fourth-order valence-corrected chi connectivity index (χ4v) is 2.34. The van der Waals surface area contributed by atoms with Crippen LogP contribution < -0.4 is 5.73 Å². The number of aromatic nitrogens is 5. The first kappa shape index (κ1) is 19.7. The lowest BCUT2D eigenvalue weighted by Crippen LogP contribution is -2.07. The predicted octanol–water partition coefficient (Wildman–Crippen LogP) is 3.14. The summed E-state index contributed by atoms with van der Waals surface area (Å²) < 4.78 is 54.5. The van der Waals surface area contributed by atoms with Gasteiger partial charge in [0.15, 0.2) is 0 Å². The van der Waals surface area contributed by atoms with E-state index in [0.29, 0.717) is 5.56 Å². The second-order valence-electron chi connectivity index (χ2n) is 5.15. The number of allylic oxidation sites excluding steroid dienone is 1. The zero-order valence-electron chi connectivity index (χ0n) is 13.1. The van der Waals surface area contributed by atoms with Gasteiger partial charge in [-0.25, -0.2) is 19.0 Å². The molecule has 0 fully saturated rings. The SMILES string of the molecule is Cl.NC/C=C(\F)Cn1nnc2c(-c3cncnc3)cc(C(F)(F)F)cc21. The molecule has 11 heteroatoms. The summed E-state index contributed by atoms with van der Waals surface area (Å²) in [5, 5.41) is 7.66. The fraction of sp³-hybridized carbons (Fsp3) is 0.200. The van der Waals surface area contributed by atoms with Crippen molar-refractivity contribution in [1.29, 1.82) is 0 Å². The molecule has 0 amide bonds. The number of hydrogen-bond acceptors (Lipinski definition) is 5. The van der Waals surface area contributed by atoms with Crippen LogP contribution in [0, 0.1) is 0 Å². The van der Waals surface area contributed by atoms with E-state index in [1.165, 1.54) is 18.7 Å². The van der Waals surface area contributed by atoms with Gasteiger partial charge in [-0.3, -0.25) is 0 Å². The Balaban J connectivity index is 0.00000243. The maximum Gasteiger partial charge on any atom is 0.416 e. The van der Waals surface area contributed by atoms with E-state index in [1.807, 2.05) is 0 Å². The second kappa shape index (κ2) is 7.75. The number of alkyl halides is 3. The molecule has 2 heterocycles. The van der Waals surface area contributed by atoms with Crippen LogP contribution in [0.15, 0.2) is 42.8 Å².